The predicted molar refractivity (Wildman–Crippen MR) is 80.6 cm³/mol. The fourth-order valence-corrected chi connectivity index (χ4v) is 2.09. The van der Waals surface area contributed by atoms with Gasteiger partial charge in [0.2, 0.25) is 0 Å². The average molecular weight is 266 g/mol. The Labute approximate surface area is 119 Å². The number of nitrogen functional groups attached to an aromatic ring is 1. The highest BCUT2D eigenvalue weighted by atomic mass is 16.5. The molecule has 0 saturated heterocycles. The maximum absolute atomic E-state index is 8.86. The summed E-state index contributed by atoms with van der Waals surface area (Å²) in [7, 11) is 0. The lowest BCUT2D eigenvalue weighted by atomic mass is 10.1. The molecule has 0 bridgehead atoms. The summed E-state index contributed by atoms with van der Waals surface area (Å²) in [5.41, 5.74) is 11.6. The Hall–Kier alpha value is -2.47. The number of aryl methyl sites for hydroxylation is 3. The summed E-state index contributed by atoms with van der Waals surface area (Å²) in [5.74, 6) is 0.803. The van der Waals surface area contributed by atoms with Gasteiger partial charge < -0.3 is 10.5 Å². The Morgan fingerprint density at radius 2 is 1.80 bits per heavy atom. The molecule has 2 N–H and O–H groups in total. The second-order valence-corrected chi connectivity index (χ2v) is 5.02. The summed E-state index contributed by atoms with van der Waals surface area (Å²) in [6.45, 7) is 6.45. The summed E-state index contributed by atoms with van der Waals surface area (Å²) in [4.78, 5) is 0. The third kappa shape index (κ3) is 2.92. The number of ether oxygens (including phenoxy) is 1. The molecule has 0 aromatic heterocycles. The first kappa shape index (κ1) is 14.0. The quantitative estimate of drug-likeness (QED) is 0.863. The van der Waals surface area contributed by atoms with Crippen molar-refractivity contribution in [1.29, 1.82) is 5.26 Å². The zero-order valence-corrected chi connectivity index (χ0v) is 12.0. The standard InChI is InChI=1S/C17H18N2O/c1-11-7-14(9-18)4-5-15(11)10-20-17-8-16(19)12(2)6-13(17)3/h4-8H,10,19H2,1-3H3. The van der Waals surface area contributed by atoms with Gasteiger partial charge in [-0.2, -0.15) is 5.26 Å². The predicted octanol–water partition coefficient (Wildman–Crippen LogP) is 3.64. The molecule has 0 aliphatic rings. The van der Waals surface area contributed by atoms with E-state index in [1.807, 2.05) is 51.1 Å². The van der Waals surface area contributed by atoms with Crippen LogP contribution in [-0.2, 0) is 6.61 Å². The Morgan fingerprint density at radius 1 is 1.05 bits per heavy atom. The Balaban J connectivity index is 2.17. The van der Waals surface area contributed by atoms with Crippen LogP contribution in [-0.4, -0.2) is 0 Å². The van der Waals surface area contributed by atoms with Crippen LogP contribution in [0.2, 0.25) is 0 Å². The number of hydrogen-bond acceptors (Lipinski definition) is 3. The first-order chi connectivity index (χ1) is 9.51. The lowest BCUT2D eigenvalue weighted by molar-refractivity contribution is 0.303. The Kier molecular flexibility index (Phi) is 3.95. The van der Waals surface area contributed by atoms with E-state index in [2.05, 4.69) is 6.07 Å². The van der Waals surface area contributed by atoms with Crippen LogP contribution >= 0.6 is 0 Å². The fourth-order valence-electron chi connectivity index (χ4n) is 2.09. The summed E-state index contributed by atoms with van der Waals surface area (Å²) >= 11 is 0. The number of nitrogens with zero attached hydrogens (tertiary/aromatic N) is 1. The van der Waals surface area contributed by atoms with Crippen molar-refractivity contribution < 1.29 is 4.74 Å². The molecule has 0 aliphatic carbocycles. The van der Waals surface area contributed by atoms with Crippen LogP contribution in [0.15, 0.2) is 30.3 Å². The number of benzene rings is 2. The second-order valence-electron chi connectivity index (χ2n) is 5.02. The lowest BCUT2D eigenvalue weighted by Crippen LogP contribution is -2.01. The monoisotopic (exact) mass is 266 g/mol. The molecule has 3 heteroatoms. The Morgan fingerprint density at radius 3 is 2.45 bits per heavy atom. The van der Waals surface area contributed by atoms with E-state index in [9.17, 15) is 0 Å². The zero-order valence-electron chi connectivity index (χ0n) is 12.0. The first-order valence-corrected chi connectivity index (χ1v) is 6.50. The van der Waals surface area contributed by atoms with E-state index in [1.165, 1.54) is 0 Å². The van der Waals surface area contributed by atoms with Crippen LogP contribution in [0.25, 0.3) is 0 Å². The van der Waals surface area contributed by atoms with Gasteiger partial charge in [-0.3, -0.25) is 0 Å². The maximum atomic E-state index is 8.86. The molecule has 0 heterocycles. The third-order valence-corrected chi connectivity index (χ3v) is 3.42. The summed E-state index contributed by atoms with van der Waals surface area (Å²) in [5, 5.41) is 8.86. The van der Waals surface area contributed by atoms with Crippen molar-refractivity contribution in [2.24, 2.45) is 0 Å². The number of anilines is 1. The van der Waals surface area contributed by atoms with Crippen molar-refractivity contribution in [3.63, 3.8) is 0 Å². The highest BCUT2D eigenvalue weighted by Gasteiger charge is 2.06. The highest BCUT2D eigenvalue weighted by molar-refractivity contribution is 5.54. The van der Waals surface area contributed by atoms with E-state index in [0.29, 0.717) is 12.2 Å². The number of rotatable bonds is 3. The molecule has 102 valence electrons. The van der Waals surface area contributed by atoms with Crippen LogP contribution in [0.1, 0.15) is 27.8 Å². The van der Waals surface area contributed by atoms with Gasteiger partial charge in [0.15, 0.2) is 0 Å². The largest absolute Gasteiger partial charge is 0.489 e. The fraction of sp³-hybridized carbons (Fsp3) is 0.235. The van der Waals surface area contributed by atoms with E-state index in [1.54, 1.807) is 0 Å². The van der Waals surface area contributed by atoms with Gasteiger partial charge in [0, 0.05) is 11.8 Å². The van der Waals surface area contributed by atoms with E-state index >= 15 is 0 Å². The molecule has 0 atom stereocenters. The van der Waals surface area contributed by atoms with Gasteiger partial charge >= 0.3 is 0 Å². The van der Waals surface area contributed by atoms with Crippen molar-refractivity contribution in [3.8, 4) is 11.8 Å². The van der Waals surface area contributed by atoms with Crippen LogP contribution in [0, 0.1) is 32.1 Å². The molecule has 0 saturated carbocycles. The molecule has 0 unspecified atom stereocenters. The third-order valence-electron chi connectivity index (χ3n) is 3.42. The SMILES string of the molecule is Cc1cc(C)c(OCc2ccc(C#N)cc2C)cc1N. The zero-order chi connectivity index (χ0) is 14.7. The maximum Gasteiger partial charge on any atom is 0.124 e. The van der Waals surface area contributed by atoms with Crippen molar-refractivity contribution in [1.82, 2.24) is 0 Å². The lowest BCUT2D eigenvalue weighted by Gasteiger charge is -2.13. The van der Waals surface area contributed by atoms with Crippen LogP contribution in [0.4, 0.5) is 5.69 Å². The van der Waals surface area contributed by atoms with Gasteiger partial charge in [0.1, 0.15) is 12.4 Å². The van der Waals surface area contributed by atoms with Crippen molar-refractivity contribution in [2.45, 2.75) is 27.4 Å². The average Bonchev–Trinajstić information content (AvgIpc) is 2.42. The van der Waals surface area contributed by atoms with Crippen LogP contribution < -0.4 is 10.5 Å². The van der Waals surface area contributed by atoms with Crippen molar-refractivity contribution in [2.75, 3.05) is 5.73 Å². The summed E-state index contributed by atoms with van der Waals surface area (Å²) in [6.07, 6.45) is 0. The molecular weight excluding hydrogens is 248 g/mol. The molecular formula is C17H18N2O. The minimum absolute atomic E-state index is 0.473. The number of hydrogen-bond donors (Lipinski definition) is 1. The minimum Gasteiger partial charge on any atom is -0.489 e. The minimum atomic E-state index is 0.473. The number of nitriles is 1. The van der Waals surface area contributed by atoms with E-state index < -0.39 is 0 Å². The van der Waals surface area contributed by atoms with E-state index in [4.69, 9.17) is 15.7 Å². The molecule has 20 heavy (non-hydrogen) atoms. The molecule has 0 aliphatic heterocycles. The van der Waals surface area contributed by atoms with Gasteiger partial charge in [-0.15, -0.1) is 0 Å². The normalized spacial score (nSPS) is 10.1. The molecule has 0 fully saturated rings. The Bertz CT molecular complexity index is 684. The molecule has 3 nitrogen and oxygen atoms in total. The first-order valence-electron chi connectivity index (χ1n) is 6.50. The molecule has 2 rings (SSSR count). The van der Waals surface area contributed by atoms with Gasteiger partial charge in [-0.05, 0) is 55.2 Å². The topological polar surface area (TPSA) is 59.0 Å². The highest BCUT2D eigenvalue weighted by Crippen LogP contribution is 2.25. The van der Waals surface area contributed by atoms with Gasteiger partial charge in [0.25, 0.3) is 0 Å². The molecule has 2 aromatic carbocycles. The van der Waals surface area contributed by atoms with E-state index in [0.717, 1.165) is 33.7 Å². The summed E-state index contributed by atoms with van der Waals surface area (Å²) in [6, 6.07) is 11.6. The van der Waals surface area contributed by atoms with Gasteiger partial charge in [-0.1, -0.05) is 12.1 Å². The molecule has 0 amide bonds. The van der Waals surface area contributed by atoms with Crippen molar-refractivity contribution in [3.05, 3.63) is 58.1 Å². The van der Waals surface area contributed by atoms with Crippen molar-refractivity contribution >= 4 is 5.69 Å². The second kappa shape index (κ2) is 5.66. The molecule has 0 radical (unpaired) electrons. The van der Waals surface area contributed by atoms with Crippen LogP contribution in [0.5, 0.6) is 5.75 Å². The van der Waals surface area contributed by atoms with Gasteiger partial charge in [0.05, 0.1) is 11.6 Å². The molecule has 2 aromatic rings. The van der Waals surface area contributed by atoms with E-state index in [-0.39, 0.29) is 0 Å². The number of nitrogens with two attached hydrogens (primary N) is 1. The molecule has 0 spiro atoms. The van der Waals surface area contributed by atoms with Crippen LogP contribution in [0.3, 0.4) is 0 Å². The summed E-state index contributed by atoms with van der Waals surface area (Å²) < 4.78 is 5.85. The van der Waals surface area contributed by atoms with Gasteiger partial charge in [-0.25, -0.2) is 0 Å². The smallest absolute Gasteiger partial charge is 0.124 e.